The van der Waals surface area contributed by atoms with E-state index in [2.05, 4.69) is 4.72 Å². The Kier molecular flexibility index (Phi) is 4.91. The second-order valence-corrected chi connectivity index (χ2v) is 7.86. The van der Waals surface area contributed by atoms with Gasteiger partial charge in [-0.25, -0.2) is 0 Å². The van der Waals surface area contributed by atoms with Gasteiger partial charge in [0.2, 0.25) is 0 Å². The molecule has 0 bridgehead atoms. The first-order valence-corrected chi connectivity index (χ1v) is 7.85. The van der Waals surface area contributed by atoms with E-state index in [1.807, 2.05) is 6.92 Å². The Bertz CT molecular complexity index is 398. The van der Waals surface area contributed by atoms with Crippen LogP contribution in [0.1, 0.15) is 40.5 Å². The molecule has 106 valence electrons. The predicted octanol–water partition coefficient (Wildman–Crippen LogP) is 1.17. The standard InChI is InChI=1S/C12H24N2O3S/c1-10-6-5-7-14(9-10)18(16,17)13-8-11(15)12(2,3)4/h10,13H,5-9H2,1-4H3. The van der Waals surface area contributed by atoms with Crippen LogP contribution in [-0.2, 0) is 15.0 Å². The van der Waals surface area contributed by atoms with Crippen molar-refractivity contribution in [3.8, 4) is 0 Å². The number of carbonyl (C=O) groups is 1. The Labute approximate surface area is 110 Å². The molecular formula is C12H24N2O3S. The molecule has 5 nitrogen and oxygen atoms in total. The van der Waals surface area contributed by atoms with Gasteiger partial charge in [0.05, 0.1) is 6.54 Å². The summed E-state index contributed by atoms with van der Waals surface area (Å²) in [5, 5.41) is 0. The molecule has 0 aromatic rings. The maximum absolute atomic E-state index is 12.0. The van der Waals surface area contributed by atoms with Gasteiger partial charge in [0, 0.05) is 18.5 Å². The molecule has 1 heterocycles. The monoisotopic (exact) mass is 276 g/mol. The Morgan fingerprint density at radius 3 is 2.50 bits per heavy atom. The van der Waals surface area contributed by atoms with Gasteiger partial charge in [0.15, 0.2) is 5.78 Å². The van der Waals surface area contributed by atoms with Gasteiger partial charge in [-0.15, -0.1) is 0 Å². The highest BCUT2D eigenvalue weighted by atomic mass is 32.2. The number of carbonyl (C=O) groups excluding carboxylic acids is 1. The number of hydrogen-bond donors (Lipinski definition) is 1. The van der Waals surface area contributed by atoms with Gasteiger partial charge in [-0.3, -0.25) is 4.79 Å². The molecule has 0 radical (unpaired) electrons. The minimum absolute atomic E-state index is 0.101. The number of nitrogens with zero attached hydrogens (tertiary/aromatic N) is 1. The number of rotatable bonds is 4. The van der Waals surface area contributed by atoms with Crippen molar-refractivity contribution in [3.63, 3.8) is 0 Å². The summed E-state index contributed by atoms with van der Waals surface area (Å²) in [5.41, 5.74) is -0.516. The summed E-state index contributed by atoms with van der Waals surface area (Å²) in [6.07, 6.45) is 1.95. The minimum atomic E-state index is -3.51. The summed E-state index contributed by atoms with van der Waals surface area (Å²) in [4.78, 5) is 11.7. The van der Waals surface area contributed by atoms with Gasteiger partial charge in [-0.2, -0.15) is 17.4 Å². The van der Waals surface area contributed by atoms with Crippen LogP contribution in [0.2, 0.25) is 0 Å². The molecule has 0 spiro atoms. The van der Waals surface area contributed by atoms with Crippen LogP contribution in [0.3, 0.4) is 0 Å². The first-order valence-electron chi connectivity index (χ1n) is 6.41. The van der Waals surface area contributed by atoms with Crippen molar-refractivity contribution in [3.05, 3.63) is 0 Å². The zero-order chi connectivity index (χ0) is 14.0. The quantitative estimate of drug-likeness (QED) is 0.838. The van der Waals surface area contributed by atoms with Crippen LogP contribution >= 0.6 is 0 Å². The van der Waals surface area contributed by atoms with Crippen LogP contribution in [0.5, 0.6) is 0 Å². The van der Waals surface area contributed by atoms with Gasteiger partial charge < -0.3 is 0 Å². The maximum Gasteiger partial charge on any atom is 0.279 e. The molecule has 0 aromatic carbocycles. The second-order valence-electron chi connectivity index (χ2n) is 6.10. The Morgan fingerprint density at radius 1 is 1.39 bits per heavy atom. The van der Waals surface area contributed by atoms with Crippen molar-refractivity contribution in [1.29, 1.82) is 0 Å². The van der Waals surface area contributed by atoms with E-state index < -0.39 is 15.6 Å². The van der Waals surface area contributed by atoms with Crippen LogP contribution in [0.4, 0.5) is 0 Å². The maximum atomic E-state index is 12.0. The molecule has 1 saturated heterocycles. The van der Waals surface area contributed by atoms with Crippen molar-refractivity contribution in [2.24, 2.45) is 11.3 Å². The molecule has 1 aliphatic heterocycles. The zero-order valence-electron chi connectivity index (χ0n) is 11.7. The van der Waals surface area contributed by atoms with E-state index >= 15 is 0 Å². The van der Waals surface area contributed by atoms with Crippen LogP contribution in [0.25, 0.3) is 0 Å². The molecule has 1 rings (SSSR count). The van der Waals surface area contributed by atoms with Crippen molar-refractivity contribution >= 4 is 16.0 Å². The molecule has 1 fully saturated rings. The van der Waals surface area contributed by atoms with Gasteiger partial charge in [-0.1, -0.05) is 27.7 Å². The summed E-state index contributed by atoms with van der Waals surface area (Å²) in [5.74, 6) is 0.282. The summed E-state index contributed by atoms with van der Waals surface area (Å²) in [6, 6.07) is 0. The molecule has 0 aromatic heterocycles. The molecule has 6 heteroatoms. The number of Topliss-reactive ketones (excluding diaryl/α,β-unsaturated/α-hetero) is 1. The third-order valence-corrected chi connectivity index (χ3v) is 4.73. The summed E-state index contributed by atoms with van der Waals surface area (Å²) < 4.78 is 27.9. The Hall–Kier alpha value is -0.460. The third-order valence-electron chi connectivity index (χ3n) is 3.21. The predicted molar refractivity (Wildman–Crippen MR) is 71.4 cm³/mol. The van der Waals surface area contributed by atoms with Crippen molar-refractivity contribution in [2.75, 3.05) is 19.6 Å². The van der Waals surface area contributed by atoms with Crippen molar-refractivity contribution in [2.45, 2.75) is 40.5 Å². The van der Waals surface area contributed by atoms with E-state index in [1.54, 1.807) is 20.8 Å². The van der Waals surface area contributed by atoms with Crippen LogP contribution < -0.4 is 4.72 Å². The topological polar surface area (TPSA) is 66.5 Å². The number of ketones is 1. The SMILES string of the molecule is CC1CCCN(S(=O)(=O)NCC(=O)C(C)(C)C)C1. The molecule has 18 heavy (non-hydrogen) atoms. The lowest BCUT2D eigenvalue weighted by Gasteiger charge is -2.30. The fourth-order valence-electron chi connectivity index (χ4n) is 1.88. The van der Waals surface area contributed by atoms with E-state index in [-0.39, 0.29) is 12.3 Å². The fraction of sp³-hybridized carbons (Fsp3) is 0.917. The van der Waals surface area contributed by atoms with Gasteiger partial charge in [-0.05, 0) is 18.8 Å². The van der Waals surface area contributed by atoms with E-state index in [1.165, 1.54) is 4.31 Å². The molecule has 1 atom stereocenters. The third kappa shape index (κ3) is 4.33. The lowest BCUT2D eigenvalue weighted by Crippen LogP contribution is -2.47. The highest BCUT2D eigenvalue weighted by molar-refractivity contribution is 7.87. The van der Waals surface area contributed by atoms with Crippen molar-refractivity contribution in [1.82, 2.24) is 9.03 Å². The van der Waals surface area contributed by atoms with Crippen molar-refractivity contribution < 1.29 is 13.2 Å². The normalized spacial score (nSPS) is 23.0. The van der Waals surface area contributed by atoms with E-state index in [0.717, 1.165) is 12.8 Å². The van der Waals surface area contributed by atoms with Gasteiger partial charge in [0.25, 0.3) is 10.2 Å². The lowest BCUT2D eigenvalue weighted by molar-refractivity contribution is -0.125. The van der Waals surface area contributed by atoms with E-state index in [9.17, 15) is 13.2 Å². The molecule has 1 N–H and O–H groups in total. The summed E-state index contributed by atoms with van der Waals surface area (Å²) in [7, 11) is -3.51. The Morgan fingerprint density at radius 2 is 2.00 bits per heavy atom. The molecule has 1 aliphatic rings. The van der Waals surface area contributed by atoms with E-state index in [0.29, 0.717) is 19.0 Å². The molecule has 0 aliphatic carbocycles. The highest BCUT2D eigenvalue weighted by Crippen LogP contribution is 2.18. The number of hydrogen-bond acceptors (Lipinski definition) is 3. The summed E-state index contributed by atoms with van der Waals surface area (Å²) in [6.45, 7) is 8.35. The number of piperidine rings is 1. The second kappa shape index (κ2) is 5.67. The molecular weight excluding hydrogens is 252 g/mol. The average Bonchev–Trinajstić information content (AvgIpc) is 2.24. The molecule has 0 saturated carbocycles. The first kappa shape index (κ1) is 15.6. The molecule has 1 unspecified atom stereocenters. The van der Waals surface area contributed by atoms with Gasteiger partial charge in [0.1, 0.15) is 0 Å². The first-order chi connectivity index (χ1) is 8.13. The van der Waals surface area contributed by atoms with Crippen LogP contribution in [-0.4, -0.2) is 38.1 Å². The average molecular weight is 276 g/mol. The zero-order valence-corrected chi connectivity index (χ0v) is 12.5. The fourth-order valence-corrected chi connectivity index (χ4v) is 3.19. The Balaban J connectivity index is 2.57. The lowest BCUT2D eigenvalue weighted by atomic mass is 9.91. The molecule has 0 amide bonds. The van der Waals surface area contributed by atoms with E-state index in [4.69, 9.17) is 0 Å². The minimum Gasteiger partial charge on any atom is -0.298 e. The highest BCUT2D eigenvalue weighted by Gasteiger charge is 2.29. The van der Waals surface area contributed by atoms with Gasteiger partial charge >= 0.3 is 0 Å². The smallest absolute Gasteiger partial charge is 0.279 e. The van der Waals surface area contributed by atoms with Crippen LogP contribution in [0, 0.1) is 11.3 Å². The largest absolute Gasteiger partial charge is 0.298 e. The number of nitrogens with one attached hydrogen (secondary N) is 1. The van der Waals surface area contributed by atoms with Crippen LogP contribution in [0.15, 0.2) is 0 Å². The summed E-state index contributed by atoms with van der Waals surface area (Å²) >= 11 is 0.